The largest absolute Gasteiger partial charge is 0.497 e. The molecule has 114 valence electrons. The first-order chi connectivity index (χ1) is 10.7. The van der Waals surface area contributed by atoms with Gasteiger partial charge in [-0.2, -0.15) is 5.10 Å². The van der Waals surface area contributed by atoms with E-state index in [1.165, 1.54) is 0 Å². The summed E-state index contributed by atoms with van der Waals surface area (Å²) in [4.78, 5) is 11.5. The lowest BCUT2D eigenvalue weighted by Crippen LogP contribution is -1.98. The van der Waals surface area contributed by atoms with Crippen LogP contribution in [0.4, 0.5) is 0 Å². The Hall–Kier alpha value is -2.41. The molecule has 22 heavy (non-hydrogen) atoms. The molecule has 2 aromatic heterocycles. The summed E-state index contributed by atoms with van der Waals surface area (Å²) in [5.74, 6) is 0.827. The van der Waals surface area contributed by atoms with Gasteiger partial charge in [0.05, 0.1) is 23.4 Å². The van der Waals surface area contributed by atoms with Gasteiger partial charge in [0, 0.05) is 0 Å². The van der Waals surface area contributed by atoms with E-state index in [-0.39, 0.29) is 0 Å². The highest BCUT2D eigenvalue weighted by Crippen LogP contribution is 2.21. The maximum absolute atomic E-state index is 5.44. The molecule has 7 heteroatoms. The van der Waals surface area contributed by atoms with Gasteiger partial charge in [0.1, 0.15) is 18.7 Å². The second-order valence-corrected chi connectivity index (χ2v) is 5.75. The first-order valence-electron chi connectivity index (χ1n) is 6.78. The minimum absolute atomic E-state index is 0.418. The minimum Gasteiger partial charge on any atom is -0.497 e. The fourth-order valence-electron chi connectivity index (χ4n) is 2.09. The van der Waals surface area contributed by atoms with Crippen LogP contribution in [0.25, 0.3) is 4.96 Å². The summed E-state index contributed by atoms with van der Waals surface area (Å²) in [6.45, 7) is 4.34. The number of aromatic nitrogens is 3. The SMILES string of the molecule is COc1ccc(CO/N=C(\C)c2sc3ncnn3c2C)cc1. The molecule has 0 unspecified atom stereocenters. The number of rotatable bonds is 5. The van der Waals surface area contributed by atoms with Crippen molar-refractivity contribution in [2.24, 2.45) is 5.16 Å². The predicted molar refractivity (Wildman–Crippen MR) is 85.6 cm³/mol. The lowest BCUT2D eigenvalue weighted by atomic mass is 10.2. The second kappa shape index (κ2) is 6.15. The summed E-state index contributed by atoms with van der Waals surface area (Å²) >= 11 is 1.55. The van der Waals surface area contributed by atoms with Crippen LogP contribution in [0.1, 0.15) is 23.1 Å². The lowest BCUT2D eigenvalue weighted by Gasteiger charge is -2.03. The molecule has 0 atom stereocenters. The minimum atomic E-state index is 0.418. The zero-order valence-corrected chi connectivity index (χ0v) is 13.4. The molecule has 0 aliphatic rings. The van der Waals surface area contributed by atoms with Gasteiger partial charge < -0.3 is 9.57 Å². The van der Waals surface area contributed by atoms with Crippen LogP contribution in [0, 0.1) is 6.92 Å². The molecular formula is C15H16N4O2S. The number of ether oxygens (including phenoxy) is 1. The molecule has 3 aromatic rings. The van der Waals surface area contributed by atoms with Crippen molar-refractivity contribution in [2.45, 2.75) is 20.5 Å². The Morgan fingerprint density at radius 2 is 2.09 bits per heavy atom. The van der Waals surface area contributed by atoms with Crippen molar-refractivity contribution in [3.05, 3.63) is 46.7 Å². The van der Waals surface area contributed by atoms with Gasteiger partial charge in [0.2, 0.25) is 4.96 Å². The predicted octanol–water partition coefficient (Wildman–Crippen LogP) is 3.05. The number of nitrogens with zero attached hydrogens (tertiary/aromatic N) is 4. The number of hydrogen-bond donors (Lipinski definition) is 0. The van der Waals surface area contributed by atoms with Crippen LogP contribution < -0.4 is 4.74 Å². The molecule has 2 heterocycles. The van der Waals surface area contributed by atoms with Crippen LogP contribution in [0.3, 0.4) is 0 Å². The van der Waals surface area contributed by atoms with Crippen molar-refractivity contribution in [3.8, 4) is 5.75 Å². The Morgan fingerprint density at radius 3 is 2.77 bits per heavy atom. The molecular weight excluding hydrogens is 300 g/mol. The average Bonchev–Trinajstić information content (AvgIpc) is 3.11. The van der Waals surface area contributed by atoms with E-state index in [1.807, 2.05) is 42.6 Å². The highest BCUT2D eigenvalue weighted by molar-refractivity contribution is 7.19. The van der Waals surface area contributed by atoms with E-state index in [1.54, 1.807) is 24.8 Å². The van der Waals surface area contributed by atoms with Gasteiger partial charge in [-0.15, -0.1) is 0 Å². The smallest absolute Gasteiger partial charge is 0.212 e. The summed E-state index contributed by atoms with van der Waals surface area (Å²) in [6, 6.07) is 7.72. The Balaban J connectivity index is 1.68. The quantitative estimate of drug-likeness (QED) is 0.536. The van der Waals surface area contributed by atoms with Crippen LogP contribution >= 0.6 is 11.3 Å². The topological polar surface area (TPSA) is 61.0 Å². The molecule has 0 N–H and O–H groups in total. The maximum Gasteiger partial charge on any atom is 0.212 e. The molecule has 0 amide bonds. The molecule has 0 aliphatic carbocycles. The van der Waals surface area contributed by atoms with E-state index in [9.17, 15) is 0 Å². The number of methoxy groups -OCH3 is 1. The third-order valence-electron chi connectivity index (χ3n) is 3.28. The molecule has 0 fully saturated rings. The van der Waals surface area contributed by atoms with Crippen LogP contribution in [0.2, 0.25) is 0 Å². The first-order valence-corrected chi connectivity index (χ1v) is 7.59. The Morgan fingerprint density at radius 1 is 1.32 bits per heavy atom. The van der Waals surface area contributed by atoms with Crippen molar-refractivity contribution in [1.29, 1.82) is 0 Å². The van der Waals surface area contributed by atoms with E-state index in [2.05, 4.69) is 15.2 Å². The number of benzene rings is 1. The lowest BCUT2D eigenvalue weighted by molar-refractivity contribution is 0.130. The number of oxime groups is 1. The molecule has 6 nitrogen and oxygen atoms in total. The van der Waals surface area contributed by atoms with E-state index >= 15 is 0 Å². The highest BCUT2D eigenvalue weighted by atomic mass is 32.1. The van der Waals surface area contributed by atoms with Crippen LogP contribution in [-0.2, 0) is 11.4 Å². The fraction of sp³-hybridized carbons (Fsp3) is 0.267. The summed E-state index contributed by atoms with van der Waals surface area (Å²) in [7, 11) is 1.65. The zero-order valence-electron chi connectivity index (χ0n) is 12.6. The second-order valence-electron chi connectivity index (χ2n) is 4.77. The van der Waals surface area contributed by atoms with Gasteiger partial charge in [-0.1, -0.05) is 28.6 Å². The van der Waals surface area contributed by atoms with Crippen LogP contribution in [-0.4, -0.2) is 27.4 Å². The molecule has 0 radical (unpaired) electrons. The van der Waals surface area contributed by atoms with E-state index in [0.29, 0.717) is 6.61 Å². The number of thiazole rings is 1. The molecule has 0 aliphatic heterocycles. The van der Waals surface area contributed by atoms with Gasteiger partial charge in [-0.25, -0.2) is 9.50 Å². The Labute approximate surface area is 132 Å². The molecule has 1 aromatic carbocycles. The van der Waals surface area contributed by atoms with Crippen molar-refractivity contribution in [3.63, 3.8) is 0 Å². The molecule has 0 saturated carbocycles. The molecule has 0 spiro atoms. The van der Waals surface area contributed by atoms with Gasteiger partial charge in [0.15, 0.2) is 0 Å². The molecule has 3 rings (SSSR count). The van der Waals surface area contributed by atoms with E-state index < -0.39 is 0 Å². The average molecular weight is 316 g/mol. The highest BCUT2D eigenvalue weighted by Gasteiger charge is 2.12. The normalized spacial score (nSPS) is 11.9. The van der Waals surface area contributed by atoms with Gasteiger partial charge in [0.25, 0.3) is 0 Å². The summed E-state index contributed by atoms with van der Waals surface area (Å²) in [5, 5.41) is 8.37. The summed E-state index contributed by atoms with van der Waals surface area (Å²) in [6.07, 6.45) is 1.55. The van der Waals surface area contributed by atoms with Gasteiger partial charge >= 0.3 is 0 Å². The Kier molecular flexibility index (Phi) is 4.06. The number of aryl methyl sites for hydroxylation is 1. The van der Waals surface area contributed by atoms with Gasteiger partial charge in [-0.05, 0) is 31.5 Å². The first kappa shape index (κ1) is 14.5. The van der Waals surface area contributed by atoms with Crippen LogP contribution in [0.15, 0.2) is 35.7 Å². The van der Waals surface area contributed by atoms with Crippen molar-refractivity contribution in [1.82, 2.24) is 14.6 Å². The molecule has 0 saturated heterocycles. The zero-order chi connectivity index (χ0) is 15.5. The monoisotopic (exact) mass is 316 g/mol. The summed E-state index contributed by atoms with van der Waals surface area (Å²) in [5.41, 5.74) is 2.88. The molecule has 0 bridgehead atoms. The maximum atomic E-state index is 5.44. The third-order valence-corrected chi connectivity index (χ3v) is 4.53. The van der Waals surface area contributed by atoms with Crippen molar-refractivity contribution >= 4 is 22.0 Å². The van der Waals surface area contributed by atoms with E-state index in [4.69, 9.17) is 9.57 Å². The van der Waals surface area contributed by atoms with E-state index in [0.717, 1.165) is 32.6 Å². The Bertz CT molecular complexity index is 805. The fourth-order valence-corrected chi connectivity index (χ4v) is 3.07. The van der Waals surface area contributed by atoms with Crippen molar-refractivity contribution < 1.29 is 9.57 Å². The number of hydrogen-bond acceptors (Lipinski definition) is 6. The standard InChI is InChI=1S/C15H16N4O2S/c1-10(14-11(2)19-15(22-14)16-9-17-19)18-21-8-12-4-6-13(20-3)7-5-12/h4-7,9H,8H2,1-3H3/b18-10+. The number of fused-ring (bicyclic) bond motifs is 1. The third kappa shape index (κ3) is 2.80. The van der Waals surface area contributed by atoms with Gasteiger partial charge in [-0.3, -0.25) is 0 Å². The van der Waals surface area contributed by atoms with Crippen molar-refractivity contribution in [2.75, 3.05) is 7.11 Å². The summed E-state index contributed by atoms with van der Waals surface area (Å²) < 4.78 is 6.93. The van der Waals surface area contributed by atoms with Crippen LogP contribution in [0.5, 0.6) is 5.75 Å².